The number of amides is 1. The Morgan fingerprint density at radius 2 is 1.94 bits per heavy atom. The first-order valence-corrected chi connectivity index (χ1v) is 10.3. The molecule has 1 aromatic carbocycles. The number of rotatable bonds is 7. The highest BCUT2D eigenvalue weighted by atomic mass is 19.3. The van der Waals surface area contributed by atoms with Gasteiger partial charge >= 0.3 is 6.61 Å². The highest BCUT2D eigenvalue weighted by Gasteiger charge is 2.44. The van der Waals surface area contributed by atoms with E-state index in [0.29, 0.717) is 22.6 Å². The lowest BCUT2D eigenvalue weighted by Gasteiger charge is -2.40. The highest BCUT2D eigenvalue weighted by Crippen LogP contribution is 2.38. The van der Waals surface area contributed by atoms with Gasteiger partial charge in [0.2, 0.25) is 0 Å². The minimum atomic E-state index is -3.14. The summed E-state index contributed by atoms with van der Waals surface area (Å²) in [7, 11) is 1.34. The normalized spacial score (nSPS) is 17.2. The maximum absolute atomic E-state index is 13.2. The van der Waals surface area contributed by atoms with Crippen molar-refractivity contribution in [1.82, 2.24) is 14.7 Å². The van der Waals surface area contributed by atoms with Gasteiger partial charge in [0.15, 0.2) is 0 Å². The van der Waals surface area contributed by atoms with E-state index in [2.05, 4.69) is 15.0 Å². The van der Waals surface area contributed by atoms with Crippen LogP contribution in [0.4, 0.5) is 23.2 Å². The van der Waals surface area contributed by atoms with Crippen LogP contribution < -0.4 is 19.7 Å². The van der Waals surface area contributed by atoms with E-state index < -0.39 is 18.4 Å². The number of nitrogens with one attached hydrogen (secondary N) is 1. The van der Waals surface area contributed by atoms with Crippen LogP contribution in [-0.4, -0.2) is 54.1 Å². The number of carbonyl (C=O) groups excluding carboxylic acids is 1. The van der Waals surface area contributed by atoms with Crippen LogP contribution in [0.25, 0.3) is 16.9 Å². The van der Waals surface area contributed by atoms with Gasteiger partial charge < -0.3 is 19.7 Å². The number of halogens is 4. The summed E-state index contributed by atoms with van der Waals surface area (Å²) in [6, 6.07) is 6.25. The zero-order chi connectivity index (χ0) is 23.3. The Morgan fingerprint density at radius 3 is 2.58 bits per heavy atom. The fraction of sp³-hybridized carbons (Fsp3) is 0.364. The number of alkyl halides is 4. The Labute approximate surface area is 185 Å². The van der Waals surface area contributed by atoms with Crippen LogP contribution in [0.1, 0.15) is 23.2 Å². The van der Waals surface area contributed by atoms with Crippen molar-refractivity contribution in [3.05, 3.63) is 42.2 Å². The zero-order valence-corrected chi connectivity index (χ0v) is 17.5. The van der Waals surface area contributed by atoms with Crippen molar-refractivity contribution in [2.45, 2.75) is 31.4 Å². The topological polar surface area (TPSA) is 68.1 Å². The van der Waals surface area contributed by atoms with Crippen molar-refractivity contribution in [1.29, 1.82) is 0 Å². The Balaban J connectivity index is 1.53. The van der Waals surface area contributed by atoms with Crippen LogP contribution in [0.15, 0.2) is 36.7 Å². The van der Waals surface area contributed by atoms with E-state index in [1.165, 1.54) is 19.4 Å². The van der Waals surface area contributed by atoms with Crippen molar-refractivity contribution in [3.8, 4) is 22.8 Å². The third-order valence-corrected chi connectivity index (χ3v) is 5.64. The van der Waals surface area contributed by atoms with Gasteiger partial charge in [-0.25, -0.2) is 13.8 Å². The maximum Gasteiger partial charge on any atom is 0.387 e. The number of ether oxygens (including phenoxy) is 2. The molecule has 0 atom stereocenters. The van der Waals surface area contributed by atoms with Gasteiger partial charge in [0.05, 0.1) is 32.1 Å². The molecular weight excluding hydrogens is 444 g/mol. The number of aromatic nitrogens is 2. The van der Waals surface area contributed by atoms with Crippen LogP contribution in [0, 0.1) is 0 Å². The second kappa shape index (κ2) is 7.82. The summed E-state index contributed by atoms with van der Waals surface area (Å²) in [5.74, 6) is -3.48. The van der Waals surface area contributed by atoms with Gasteiger partial charge in [-0.1, -0.05) is 0 Å². The predicted molar refractivity (Wildman–Crippen MR) is 111 cm³/mol. The van der Waals surface area contributed by atoms with Crippen molar-refractivity contribution in [2.75, 3.05) is 25.1 Å². The third kappa shape index (κ3) is 4.14. The number of methoxy groups -OCH3 is 1. The Bertz CT molecular complexity index is 1220. The van der Waals surface area contributed by atoms with E-state index in [9.17, 15) is 22.4 Å². The predicted octanol–water partition coefficient (Wildman–Crippen LogP) is 3.96. The molecule has 0 unspecified atom stereocenters. The summed E-state index contributed by atoms with van der Waals surface area (Å²) in [6.07, 6.45) is 4.85. The third-order valence-electron chi connectivity index (χ3n) is 5.64. The smallest absolute Gasteiger partial charge is 0.387 e. The fourth-order valence-electron chi connectivity index (χ4n) is 3.87. The van der Waals surface area contributed by atoms with E-state index >= 15 is 0 Å². The van der Waals surface area contributed by atoms with Gasteiger partial charge in [0.1, 0.15) is 22.7 Å². The van der Waals surface area contributed by atoms with E-state index in [-0.39, 0.29) is 36.2 Å². The molecule has 2 fully saturated rings. The van der Waals surface area contributed by atoms with E-state index in [1.54, 1.807) is 33.7 Å². The minimum Gasteiger partial charge on any atom is -0.496 e. The lowest BCUT2D eigenvalue weighted by atomic mass is 10.1. The maximum atomic E-state index is 13.2. The number of hydrogen-bond donors (Lipinski definition) is 1. The minimum absolute atomic E-state index is 0.0145. The molecule has 5 rings (SSSR count). The quantitative estimate of drug-likeness (QED) is 0.537. The van der Waals surface area contributed by atoms with Gasteiger partial charge in [-0.15, -0.1) is 0 Å². The number of imidazole rings is 1. The van der Waals surface area contributed by atoms with Gasteiger partial charge in [-0.3, -0.25) is 9.20 Å². The van der Waals surface area contributed by atoms with Crippen LogP contribution in [0.5, 0.6) is 11.5 Å². The molecule has 1 amide bonds. The zero-order valence-electron chi connectivity index (χ0n) is 17.5. The molecule has 3 heterocycles. The summed E-state index contributed by atoms with van der Waals surface area (Å²) in [5, 5.41) is 2.76. The first kappa shape index (κ1) is 21.4. The molecular formula is C22H20F4N4O3. The Morgan fingerprint density at radius 1 is 1.21 bits per heavy atom. The molecule has 1 aliphatic heterocycles. The molecule has 33 heavy (non-hydrogen) atoms. The van der Waals surface area contributed by atoms with Crippen LogP contribution in [0.2, 0.25) is 0 Å². The Kier molecular flexibility index (Phi) is 5.06. The van der Waals surface area contributed by atoms with E-state index in [4.69, 9.17) is 4.74 Å². The number of fused-ring (bicyclic) bond motifs is 1. The average Bonchev–Trinajstić information content (AvgIpc) is 3.45. The lowest BCUT2D eigenvalue weighted by molar-refractivity contribution is -0.0502. The first-order valence-electron chi connectivity index (χ1n) is 10.3. The molecule has 174 valence electrons. The standard InChI is InChI=1S/C22H20F4N4O3/c1-32-16-6-12(7-17(33-21(23)24)19(16)20(31)28-13-2-3-13)15-9-27-18-8-14(4-5-30(15)18)29-10-22(25,26)11-29/h4-9,13,21H,2-3,10-11H2,1H3,(H,28,31). The average molecular weight is 464 g/mol. The molecule has 1 saturated heterocycles. The van der Waals surface area contributed by atoms with Crippen molar-refractivity contribution < 1.29 is 31.8 Å². The lowest BCUT2D eigenvalue weighted by Crippen LogP contribution is -2.56. The monoisotopic (exact) mass is 464 g/mol. The van der Waals surface area contributed by atoms with Crippen LogP contribution in [0.3, 0.4) is 0 Å². The number of hydrogen-bond acceptors (Lipinski definition) is 5. The molecule has 7 nitrogen and oxygen atoms in total. The molecule has 2 aliphatic rings. The van der Waals surface area contributed by atoms with Gasteiger partial charge in [0.25, 0.3) is 11.8 Å². The molecule has 11 heteroatoms. The highest BCUT2D eigenvalue weighted by molar-refractivity contribution is 6.01. The summed E-state index contributed by atoms with van der Waals surface area (Å²) in [5.41, 5.74) is 1.95. The second-order valence-corrected chi connectivity index (χ2v) is 8.15. The van der Waals surface area contributed by atoms with Crippen LogP contribution in [-0.2, 0) is 0 Å². The second-order valence-electron chi connectivity index (χ2n) is 8.15. The number of anilines is 1. The van der Waals surface area contributed by atoms with E-state index in [1.807, 2.05) is 0 Å². The van der Waals surface area contributed by atoms with E-state index in [0.717, 1.165) is 12.8 Å². The molecule has 1 saturated carbocycles. The number of carbonyl (C=O) groups is 1. The first-order chi connectivity index (χ1) is 15.7. The SMILES string of the molecule is COc1cc(-c2cnc3cc(N4CC(F)(F)C4)ccn23)cc(OC(F)F)c1C(=O)NC1CC1. The largest absolute Gasteiger partial charge is 0.496 e. The summed E-state index contributed by atoms with van der Waals surface area (Å²) >= 11 is 0. The molecule has 3 aromatic rings. The fourth-order valence-corrected chi connectivity index (χ4v) is 3.87. The Hall–Kier alpha value is -3.50. The molecule has 2 aromatic heterocycles. The molecule has 0 spiro atoms. The van der Waals surface area contributed by atoms with Crippen LogP contribution >= 0.6 is 0 Å². The number of nitrogens with zero attached hydrogens (tertiary/aromatic N) is 3. The molecule has 0 bridgehead atoms. The van der Waals surface area contributed by atoms with Gasteiger partial charge in [-0.05, 0) is 31.0 Å². The number of benzene rings is 1. The molecule has 0 radical (unpaired) electrons. The summed E-state index contributed by atoms with van der Waals surface area (Å²) in [4.78, 5) is 18.5. The number of pyridine rings is 1. The van der Waals surface area contributed by atoms with Gasteiger partial charge in [-0.2, -0.15) is 8.78 Å². The molecule has 1 aliphatic carbocycles. The van der Waals surface area contributed by atoms with Gasteiger partial charge in [0, 0.05) is 29.6 Å². The van der Waals surface area contributed by atoms with Crippen molar-refractivity contribution in [3.63, 3.8) is 0 Å². The van der Waals surface area contributed by atoms with Crippen molar-refractivity contribution >= 4 is 17.2 Å². The summed E-state index contributed by atoms with van der Waals surface area (Å²) in [6.45, 7) is -3.85. The molecule has 1 N–H and O–H groups in total. The summed E-state index contributed by atoms with van der Waals surface area (Å²) < 4.78 is 64.4. The van der Waals surface area contributed by atoms with Crippen molar-refractivity contribution in [2.24, 2.45) is 0 Å².